The third kappa shape index (κ3) is 11.9. The lowest BCUT2D eigenvalue weighted by molar-refractivity contribution is -0.145. The number of ether oxygens (including phenoxy) is 2. The molecule has 4 aliphatic rings. The van der Waals surface area contributed by atoms with E-state index in [1.807, 2.05) is 42.2 Å². The summed E-state index contributed by atoms with van der Waals surface area (Å²) in [6.07, 6.45) is 6.98. The van der Waals surface area contributed by atoms with Crippen LogP contribution in [0, 0.1) is 18.8 Å². The molecular formula is C46H68N6O8. The van der Waals surface area contributed by atoms with Crippen LogP contribution in [-0.4, -0.2) is 119 Å². The number of nitrogens with one attached hydrogen (secondary N) is 1. The second-order valence-electron chi connectivity index (χ2n) is 17.1. The lowest BCUT2D eigenvalue weighted by atomic mass is 9.98. The Morgan fingerprint density at radius 2 is 1.53 bits per heavy atom. The van der Waals surface area contributed by atoms with Gasteiger partial charge >= 0.3 is 23.8 Å². The van der Waals surface area contributed by atoms with Gasteiger partial charge in [0, 0.05) is 57.9 Å². The third-order valence-electron chi connectivity index (χ3n) is 12.5. The summed E-state index contributed by atoms with van der Waals surface area (Å²) in [6, 6.07) is 11.4. The summed E-state index contributed by atoms with van der Waals surface area (Å²) in [5.41, 5.74) is 4.72. The second-order valence-corrected chi connectivity index (χ2v) is 17.1. The smallest absolute Gasteiger partial charge is 0.419 e. The van der Waals surface area contributed by atoms with Crippen molar-refractivity contribution in [1.29, 1.82) is 0 Å². The molecule has 4 amide bonds. The van der Waals surface area contributed by atoms with Crippen molar-refractivity contribution in [2.75, 3.05) is 64.3 Å². The molecule has 330 valence electrons. The number of carbonyl (C=O) groups is 4. The summed E-state index contributed by atoms with van der Waals surface area (Å²) in [7, 11) is 1.66. The number of piperidine rings is 3. The fraction of sp³-hybridized carbons (Fsp3) is 0.630. The molecule has 0 bridgehead atoms. The van der Waals surface area contributed by atoms with E-state index in [1.165, 1.54) is 17.4 Å². The number of anilines is 1. The Hall–Kier alpha value is -4.85. The van der Waals surface area contributed by atoms with E-state index in [0.29, 0.717) is 75.7 Å². The van der Waals surface area contributed by atoms with Gasteiger partial charge in [-0.3, -0.25) is 19.1 Å². The molecule has 1 atom stereocenters. The quantitative estimate of drug-likeness (QED) is 0.169. The number of unbranched alkanes of at least 4 members (excludes halogenated alkanes) is 1. The Labute approximate surface area is 355 Å². The molecule has 0 saturated carbocycles. The van der Waals surface area contributed by atoms with Crippen molar-refractivity contribution in [3.63, 3.8) is 0 Å². The van der Waals surface area contributed by atoms with Gasteiger partial charge in [-0.15, -0.1) is 0 Å². The number of esters is 1. The molecule has 3 fully saturated rings. The van der Waals surface area contributed by atoms with Gasteiger partial charge in [0.2, 0.25) is 0 Å². The number of carbonyl (C=O) groups excluding carboxylic acids is 4. The molecule has 7 rings (SSSR count). The van der Waals surface area contributed by atoms with Gasteiger partial charge < -0.3 is 33.9 Å². The van der Waals surface area contributed by atoms with Crippen LogP contribution in [0.4, 0.5) is 15.3 Å². The van der Waals surface area contributed by atoms with Crippen molar-refractivity contribution in [3.05, 3.63) is 63.6 Å². The van der Waals surface area contributed by atoms with Crippen LogP contribution in [0.25, 0.3) is 11.1 Å². The molecule has 3 aromatic rings. The standard InChI is InChI=1S/C33H41N5O6.C12H23NO2.CH4/c1-21-8-13-36(14-9-21)30(39)28(20-23-18-22(2)29-27(19-23)43-32(41)35(29)3)44-33(42)37-15-11-25(12-16-37)38-17-10-24-6-4-5-7-26(24)34-31(38)40;1-3-4-9-15-12(14)10-13-7-5-11(2)6-8-13;/h4-7,18-19,21,25,28H,8-17,20H2,1-3H3,(H,34,40);11H,3-10H2,1-2H3;1H4/t28-;;/m1../s1. The maximum absolute atomic E-state index is 13.8. The van der Waals surface area contributed by atoms with E-state index in [0.717, 1.165) is 73.5 Å². The van der Waals surface area contributed by atoms with Crippen LogP contribution < -0.4 is 11.1 Å². The van der Waals surface area contributed by atoms with Gasteiger partial charge in [0.15, 0.2) is 11.7 Å². The highest BCUT2D eigenvalue weighted by Crippen LogP contribution is 2.27. The van der Waals surface area contributed by atoms with Crippen molar-refractivity contribution >= 4 is 40.8 Å². The summed E-state index contributed by atoms with van der Waals surface area (Å²) in [5, 5.41) is 3.03. The monoisotopic (exact) mass is 833 g/mol. The summed E-state index contributed by atoms with van der Waals surface area (Å²) >= 11 is 0. The SMILES string of the molecule is C.CCCCOC(=O)CN1CCC(C)CC1.Cc1cc(C[C@@H](OC(=O)N2CCC(N3CCc4ccccc4NC3=O)CC2)C(=O)N2CCC(C)CC2)cc2oc(=O)n(C)c12. The molecule has 0 unspecified atom stereocenters. The average molecular weight is 833 g/mol. The van der Waals surface area contributed by atoms with Crippen LogP contribution in [0.2, 0.25) is 0 Å². The van der Waals surface area contributed by atoms with E-state index in [4.69, 9.17) is 13.9 Å². The number of fused-ring (bicyclic) bond motifs is 2. The first-order valence-corrected chi connectivity index (χ1v) is 21.8. The van der Waals surface area contributed by atoms with E-state index in [-0.39, 0.29) is 37.8 Å². The van der Waals surface area contributed by atoms with Crippen molar-refractivity contribution in [3.8, 4) is 0 Å². The van der Waals surface area contributed by atoms with Gasteiger partial charge in [-0.05, 0) is 112 Å². The van der Waals surface area contributed by atoms with Crippen LogP contribution >= 0.6 is 0 Å². The van der Waals surface area contributed by atoms with Gasteiger partial charge in [-0.1, -0.05) is 58.9 Å². The highest BCUT2D eigenvalue weighted by Gasteiger charge is 2.35. The molecule has 4 aliphatic heterocycles. The van der Waals surface area contributed by atoms with Crippen LogP contribution in [0.1, 0.15) is 96.3 Å². The largest absolute Gasteiger partial charge is 0.465 e. The van der Waals surface area contributed by atoms with Crippen LogP contribution in [0.3, 0.4) is 0 Å². The predicted octanol–water partition coefficient (Wildman–Crippen LogP) is 7.00. The van der Waals surface area contributed by atoms with Gasteiger partial charge in [0.1, 0.15) is 0 Å². The molecule has 14 nitrogen and oxygen atoms in total. The molecule has 0 aliphatic carbocycles. The minimum Gasteiger partial charge on any atom is -0.465 e. The Balaban J connectivity index is 0.000000362. The van der Waals surface area contributed by atoms with E-state index in [9.17, 15) is 24.0 Å². The molecule has 1 N–H and O–H groups in total. The van der Waals surface area contributed by atoms with E-state index < -0.39 is 18.0 Å². The molecule has 5 heterocycles. The molecule has 2 aromatic carbocycles. The lowest BCUT2D eigenvalue weighted by Crippen LogP contribution is -2.51. The Morgan fingerprint density at radius 3 is 2.22 bits per heavy atom. The highest BCUT2D eigenvalue weighted by molar-refractivity contribution is 5.91. The molecule has 0 spiro atoms. The fourth-order valence-electron chi connectivity index (χ4n) is 8.60. The summed E-state index contributed by atoms with van der Waals surface area (Å²) in [5.74, 6) is 0.656. The Kier molecular flexibility index (Phi) is 16.6. The molecule has 14 heteroatoms. The summed E-state index contributed by atoms with van der Waals surface area (Å²) in [4.78, 5) is 71.3. The number of rotatable bonds is 10. The van der Waals surface area contributed by atoms with Crippen LogP contribution in [-0.2, 0) is 39.0 Å². The molecule has 0 radical (unpaired) electrons. The number of hydrogen-bond acceptors (Lipinski definition) is 9. The van der Waals surface area contributed by atoms with Crippen molar-refractivity contribution in [2.24, 2.45) is 18.9 Å². The van der Waals surface area contributed by atoms with E-state index in [1.54, 1.807) is 22.9 Å². The number of urea groups is 1. The third-order valence-corrected chi connectivity index (χ3v) is 12.5. The average Bonchev–Trinajstić information content (AvgIpc) is 3.40. The van der Waals surface area contributed by atoms with Gasteiger partial charge in [0.05, 0.1) is 18.7 Å². The van der Waals surface area contributed by atoms with Crippen molar-refractivity contribution in [2.45, 2.75) is 111 Å². The van der Waals surface area contributed by atoms with Crippen molar-refractivity contribution in [1.82, 2.24) is 24.2 Å². The maximum Gasteiger partial charge on any atom is 0.419 e. The number of para-hydroxylation sites is 1. The first-order chi connectivity index (χ1) is 28.4. The summed E-state index contributed by atoms with van der Waals surface area (Å²) in [6.45, 7) is 14.4. The van der Waals surface area contributed by atoms with Crippen LogP contribution in [0.5, 0.6) is 0 Å². The first-order valence-electron chi connectivity index (χ1n) is 21.8. The first kappa shape index (κ1) is 46.2. The van der Waals surface area contributed by atoms with Crippen molar-refractivity contribution < 1.29 is 33.1 Å². The summed E-state index contributed by atoms with van der Waals surface area (Å²) < 4.78 is 18.0. The molecule has 1 aromatic heterocycles. The number of likely N-dealkylation sites (tertiary alicyclic amines) is 3. The second kappa shape index (κ2) is 21.6. The maximum atomic E-state index is 13.8. The Morgan fingerprint density at radius 1 is 0.883 bits per heavy atom. The number of aromatic nitrogens is 1. The van der Waals surface area contributed by atoms with Gasteiger partial charge in [-0.2, -0.15) is 0 Å². The highest BCUT2D eigenvalue weighted by atomic mass is 16.6. The fourth-order valence-corrected chi connectivity index (χ4v) is 8.60. The number of oxazole rings is 1. The van der Waals surface area contributed by atoms with Gasteiger partial charge in [0.25, 0.3) is 5.91 Å². The number of hydrogen-bond donors (Lipinski definition) is 1. The zero-order valence-corrected chi connectivity index (χ0v) is 35.7. The Bertz CT molecular complexity index is 1970. The van der Waals surface area contributed by atoms with Gasteiger partial charge in [-0.25, -0.2) is 14.4 Å². The number of benzene rings is 2. The van der Waals surface area contributed by atoms with E-state index in [2.05, 4.69) is 31.0 Å². The van der Waals surface area contributed by atoms with E-state index >= 15 is 0 Å². The minimum absolute atomic E-state index is 0. The lowest BCUT2D eigenvalue weighted by Gasteiger charge is -2.38. The molecular weight excluding hydrogens is 765 g/mol. The molecule has 3 saturated heterocycles. The topological polar surface area (TPSA) is 147 Å². The molecule has 60 heavy (non-hydrogen) atoms. The normalized spacial score (nSPS) is 18.7. The predicted molar refractivity (Wildman–Crippen MR) is 233 cm³/mol. The van der Waals surface area contributed by atoms with Crippen LogP contribution in [0.15, 0.2) is 45.6 Å². The number of nitrogens with zero attached hydrogens (tertiary/aromatic N) is 5. The number of aryl methyl sites for hydroxylation is 2. The number of amides is 4. The zero-order valence-electron chi connectivity index (χ0n) is 35.7. The minimum atomic E-state index is -1.00. The zero-order chi connectivity index (χ0) is 42.1.